The standard InChI is InChI=1S/C17H15NO2S2/c1-12-10-16(21-11-12)14-7-3-2-6-13(14)15-8-4-5-9-17(15)22(18,19)20/h2-11H,1H3,(H2,18,19,20). The summed E-state index contributed by atoms with van der Waals surface area (Å²) >= 11 is 1.64. The molecule has 0 bridgehead atoms. The third-order valence-electron chi connectivity index (χ3n) is 3.41. The van der Waals surface area contributed by atoms with E-state index in [1.807, 2.05) is 37.3 Å². The number of rotatable bonds is 3. The third-order valence-corrected chi connectivity index (χ3v) is 5.46. The average molecular weight is 329 g/mol. The molecule has 0 fully saturated rings. The van der Waals surface area contributed by atoms with E-state index in [0.717, 1.165) is 16.0 Å². The zero-order chi connectivity index (χ0) is 15.7. The van der Waals surface area contributed by atoms with Crippen LogP contribution in [0, 0.1) is 6.92 Å². The number of benzene rings is 2. The lowest BCUT2D eigenvalue weighted by Gasteiger charge is -2.12. The van der Waals surface area contributed by atoms with Crippen LogP contribution in [-0.4, -0.2) is 8.42 Å². The predicted molar refractivity (Wildman–Crippen MR) is 91.3 cm³/mol. The molecule has 3 rings (SSSR count). The minimum absolute atomic E-state index is 0.149. The molecule has 0 saturated heterocycles. The Hall–Kier alpha value is -1.95. The number of thiophene rings is 1. The molecule has 1 heterocycles. The lowest BCUT2D eigenvalue weighted by molar-refractivity contribution is 0.598. The second kappa shape index (κ2) is 5.68. The minimum Gasteiger partial charge on any atom is -0.225 e. The first-order valence-corrected chi connectivity index (χ1v) is 9.16. The molecule has 2 aromatic carbocycles. The van der Waals surface area contributed by atoms with Crippen LogP contribution in [0.15, 0.2) is 64.9 Å². The lowest BCUT2D eigenvalue weighted by atomic mass is 9.98. The second-order valence-corrected chi connectivity index (χ2v) is 7.52. The molecular formula is C17H15NO2S2. The maximum Gasteiger partial charge on any atom is 0.238 e. The molecule has 3 aromatic rings. The topological polar surface area (TPSA) is 60.2 Å². The highest BCUT2D eigenvalue weighted by Crippen LogP contribution is 2.37. The molecule has 0 aliphatic rings. The van der Waals surface area contributed by atoms with E-state index >= 15 is 0 Å². The highest BCUT2D eigenvalue weighted by atomic mass is 32.2. The van der Waals surface area contributed by atoms with E-state index < -0.39 is 10.0 Å². The van der Waals surface area contributed by atoms with Crippen molar-refractivity contribution >= 4 is 21.4 Å². The highest BCUT2D eigenvalue weighted by Gasteiger charge is 2.17. The van der Waals surface area contributed by atoms with E-state index in [1.54, 1.807) is 29.5 Å². The van der Waals surface area contributed by atoms with Gasteiger partial charge in [-0.1, -0.05) is 42.5 Å². The maximum atomic E-state index is 11.9. The molecule has 5 heteroatoms. The highest BCUT2D eigenvalue weighted by molar-refractivity contribution is 7.89. The van der Waals surface area contributed by atoms with Gasteiger partial charge in [-0.05, 0) is 41.1 Å². The van der Waals surface area contributed by atoms with Crippen LogP contribution in [0.4, 0.5) is 0 Å². The molecule has 0 aliphatic carbocycles. The molecule has 0 aliphatic heterocycles. The van der Waals surface area contributed by atoms with Crippen molar-refractivity contribution in [1.82, 2.24) is 0 Å². The summed E-state index contributed by atoms with van der Waals surface area (Å²) in [6, 6.07) is 16.7. The van der Waals surface area contributed by atoms with Gasteiger partial charge in [0.15, 0.2) is 0 Å². The number of primary sulfonamides is 1. The van der Waals surface area contributed by atoms with E-state index in [1.165, 1.54) is 5.56 Å². The first-order chi connectivity index (χ1) is 10.5. The van der Waals surface area contributed by atoms with Crippen LogP contribution >= 0.6 is 11.3 Å². The van der Waals surface area contributed by atoms with Crippen molar-refractivity contribution in [2.75, 3.05) is 0 Å². The van der Waals surface area contributed by atoms with Gasteiger partial charge < -0.3 is 0 Å². The molecule has 22 heavy (non-hydrogen) atoms. The van der Waals surface area contributed by atoms with E-state index in [0.29, 0.717) is 5.56 Å². The van der Waals surface area contributed by atoms with Gasteiger partial charge in [0, 0.05) is 10.4 Å². The van der Waals surface area contributed by atoms with Crippen LogP contribution in [0.2, 0.25) is 0 Å². The van der Waals surface area contributed by atoms with Crippen molar-refractivity contribution in [3.05, 3.63) is 65.5 Å². The Morgan fingerprint density at radius 2 is 1.50 bits per heavy atom. The zero-order valence-corrected chi connectivity index (χ0v) is 13.6. The van der Waals surface area contributed by atoms with Crippen LogP contribution < -0.4 is 5.14 Å². The van der Waals surface area contributed by atoms with Crippen molar-refractivity contribution in [1.29, 1.82) is 0 Å². The Bertz CT molecular complexity index is 927. The van der Waals surface area contributed by atoms with Gasteiger partial charge in [0.2, 0.25) is 10.0 Å². The van der Waals surface area contributed by atoms with Gasteiger partial charge in [0.25, 0.3) is 0 Å². The molecule has 0 amide bonds. The molecule has 0 spiro atoms. The lowest BCUT2D eigenvalue weighted by Crippen LogP contribution is -2.13. The Morgan fingerprint density at radius 3 is 2.09 bits per heavy atom. The normalized spacial score (nSPS) is 11.5. The quantitative estimate of drug-likeness (QED) is 0.788. The molecule has 3 nitrogen and oxygen atoms in total. The summed E-state index contributed by atoms with van der Waals surface area (Å²) < 4.78 is 23.7. The first-order valence-electron chi connectivity index (χ1n) is 6.73. The van der Waals surface area contributed by atoms with Crippen LogP contribution in [0.1, 0.15) is 5.56 Å². The fourth-order valence-electron chi connectivity index (χ4n) is 2.44. The number of hydrogen-bond acceptors (Lipinski definition) is 3. The number of hydrogen-bond donors (Lipinski definition) is 1. The second-order valence-electron chi connectivity index (χ2n) is 5.08. The maximum absolute atomic E-state index is 11.9. The number of nitrogens with two attached hydrogens (primary N) is 1. The summed E-state index contributed by atoms with van der Waals surface area (Å²) in [5.74, 6) is 0. The molecular weight excluding hydrogens is 314 g/mol. The molecule has 1 aromatic heterocycles. The first kappa shape index (κ1) is 15.0. The van der Waals surface area contributed by atoms with Crippen molar-refractivity contribution < 1.29 is 8.42 Å². The fourth-order valence-corrected chi connectivity index (χ4v) is 4.14. The Balaban J connectivity index is 2.27. The van der Waals surface area contributed by atoms with E-state index in [4.69, 9.17) is 5.14 Å². The molecule has 112 valence electrons. The van der Waals surface area contributed by atoms with Gasteiger partial charge in [0.1, 0.15) is 0 Å². The molecule has 2 N–H and O–H groups in total. The predicted octanol–water partition coefficient (Wildman–Crippen LogP) is 4.04. The summed E-state index contributed by atoms with van der Waals surface area (Å²) in [6.45, 7) is 2.04. The summed E-state index contributed by atoms with van der Waals surface area (Å²) in [4.78, 5) is 1.26. The molecule has 0 radical (unpaired) electrons. The Morgan fingerprint density at radius 1 is 0.909 bits per heavy atom. The largest absolute Gasteiger partial charge is 0.238 e. The van der Waals surface area contributed by atoms with E-state index in [9.17, 15) is 8.42 Å². The fraction of sp³-hybridized carbons (Fsp3) is 0.0588. The molecule has 0 unspecified atom stereocenters. The van der Waals surface area contributed by atoms with Crippen LogP contribution in [-0.2, 0) is 10.0 Å². The van der Waals surface area contributed by atoms with Crippen LogP contribution in [0.3, 0.4) is 0 Å². The van der Waals surface area contributed by atoms with Gasteiger partial charge in [-0.15, -0.1) is 11.3 Å². The van der Waals surface area contributed by atoms with Gasteiger partial charge >= 0.3 is 0 Å². The summed E-state index contributed by atoms with van der Waals surface area (Å²) in [6.07, 6.45) is 0. The summed E-state index contributed by atoms with van der Waals surface area (Å²) in [5.41, 5.74) is 3.70. The van der Waals surface area contributed by atoms with Gasteiger partial charge in [-0.2, -0.15) is 0 Å². The van der Waals surface area contributed by atoms with Gasteiger partial charge in [-0.3, -0.25) is 0 Å². The van der Waals surface area contributed by atoms with Crippen LogP contribution in [0.25, 0.3) is 21.6 Å². The number of sulfonamides is 1. The minimum atomic E-state index is -3.77. The summed E-state index contributed by atoms with van der Waals surface area (Å²) in [7, 11) is -3.77. The van der Waals surface area contributed by atoms with E-state index in [2.05, 4.69) is 11.4 Å². The molecule has 0 atom stereocenters. The Kier molecular flexibility index (Phi) is 3.87. The van der Waals surface area contributed by atoms with Crippen LogP contribution in [0.5, 0.6) is 0 Å². The molecule has 0 saturated carbocycles. The van der Waals surface area contributed by atoms with Gasteiger partial charge in [0.05, 0.1) is 4.90 Å². The van der Waals surface area contributed by atoms with Crippen molar-refractivity contribution in [3.8, 4) is 21.6 Å². The van der Waals surface area contributed by atoms with Crippen molar-refractivity contribution in [3.63, 3.8) is 0 Å². The summed E-state index contributed by atoms with van der Waals surface area (Å²) in [5, 5.41) is 7.44. The van der Waals surface area contributed by atoms with Gasteiger partial charge in [-0.25, -0.2) is 13.6 Å². The smallest absolute Gasteiger partial charge is 0.225 e. The average Bonchev–Trinajstić information content (AvgIpc) is 2.93. The third kappa shape index (κ3) is 2.83. The zero-order valence-electron chi connectivity index (χ0n) is 12.0. The number of aryl methyl sites for hydroxylation is 1. The SMILES string of the molecule is Cc1csc(-c2ccccc2-c2ccccc2S(N)(=O)=O)c1. The van der Waals surface area contributed by atoms with Crippen molar-refractivity contribution in [2.24, 2.45) is 5.14 Å². The van der Waals surface area contributed by atoms with Crippen molar-refractivity contribution in [2.45, 2.75) is 11.8 Å². The Labute approximate surface area is 134 Å². The van der Waals surface area contributed by atoms with E-state index in [-0.39, 0.29) is 4.90 Å². The monoisotopic (exact) mass is 329 g/mol.